The summed E-state index contributed by atoms with van der Waals surface area (Å²) in [7, 11) is 0. The van der Waals surface area contributed by atoms with Crippen LogP contribution >= 0.6 is 11.8 Å². The maximum Gasteiger partial charge on any atom is 0.289 e. The first kappa shape index (κ1) is 14.5. The summed E-state index contributed by atoms with van der Waals surface area (Å²) in [5, 5.41) is 2.91. The van der Waals surface area contributed by atoms with Crippen LogP contribution in [0.5, 0.6) is 0 Å². The minimum atomic E-state index is -0.0329. The summed E-state index contributed by atoms with van der Waals surface area (Å²) in [4.78, 5) is 25.7. The molecule has 3 rings (SSSR count). The molecule has 1 aromatic rings. The molecule has 0 aliphatic carbocycles. The lowest BCUT2D eigenvalue weighted by molar-refractivity contribution is -0.119. The van der Waals surface area contributed by atoms with Gasteiger partial charge in [-0.1, -0.05) is 0 Å². The third-order valence-corrected chi connectivity index (χ3v) is 5.04. The van der Waals surface area contributed by atoms with Crippen LogP contribution in [0.3, 0.4) is 0 Å². The van der Waals surface area contributed by atoms with Crippen LogP contribution in [0.2, 0.25) is 0 Å². The van der Waals surface area contributed by atoms with E-state index in [9.17, 15) is 9.59 Å². The molecule has 0 radical (unpaired) electrons. The Bertz CT molecular complexity index is 547. The van der Waals surface area contributed by atoms with Crippen molar-refractivity contribution in [1.29, 1.82) is 0 Å². The number of likely N-dealkylation sites (tertiary alicyclic amines) is 1. The zero-order chi connectivity index (χ0) is 14.9. The van der Waals surface area contributed by atoms with Gasteiger partial charge in [-0.15, -0.1) is 0 Å². The van der Waals surface area contributed by atoms with Gasteiger partial charge in [0.1, 0.15) is 5.76 Å². The second kappa shape index (κ2) is 5.75. The average molecular weight is 308 g/mol. The van der Waals surface area contributed by atoms with Crippen LogP contribution in [0, 0.1) is 5.41 Å². The number of rotatable bonds is 3. The summed E-state index contributed by atoms with van der Waals surface area (Å²) in [6.07, 6.45) is 4.38. The topological polar surface area (TPSA) is 62.6 Å². The highest BCUT2D eigenvalue weighted by Crippen LogP contribution is 2.37. The summed E-state index contributed by atoms with van der Waals surface area (Å²) >= 11 is 1.67. The van der Waals surface area contributed by atoms with Crippen LogP contribution < -0.4 is 5.32 Å². The van der Waals surface area contributed by atoms with Gasteiger partial charge in [-0.3, -0.25) is 9.59 Å². The number of hydrogen-bond donors (Lipinski definition) is 1. The second-order valence-electron chi connectivity index (χ2n) is 5.94. The summed E-state index contributed by atoms with van der Waals surface area (Å²) < 4.78 is 5.59. The third-order valence-electron chi connectivity index (χ3n) is 4.47. The molecule has 1 spiro atoms. The summed E-state index contributed by atoms with van der Waals surface area (Å²) in [5.41, 5.74) is 0.0705. The van der Waals surface area contributed by atoms with Crippen LogP contribution in [-0.2, 0) is 10.5 Å². The molecule has 21 heavy (non-hydrogen) atoms. The molecule has 2 saturated heterocycles. The smallest absolute Gasteiger partial charge is 0.289 e. The molecule has 0 unspecified atom stereocenters. The van der Waals surface area contributed by atoms with Gasteiger partial charge in [-0.25, -0.2) is 0 Å². The van der Waals surface area contributed by atoms with Crippen LogP contribution in [0.15, 0.2) is 16.5 Å². The monoisotopic (exact) mass is 308 g/mol. The van der Waals surface area contributed by atoms with Crippen LogP contribution in [0.1, 0.15) is 35.6 Å². The van der Waals surface area contributed by atoms with Crippen molar-refractivity contribution in [2.75, 3.05) is 25.9 Å². The molecule has 2 aliphatic heterocycles. The van der Waals surface area contributed by atoms with Crippen LogP contribution in [0.25, 0.3) is 0 Å². The zero-order valence-corrected chi connectivity index (χ0v) is 13.0. The molecule has 2 fully saturated rings. The molecule has 2 aliphatic rings. The molecule has 1 aromatic heterocycles. The molecular formula is C15H20N2O3S. The van der Waals surface area contributed by atoms with Crippen molar-refractivity contribution < 1.29 is 14.0 Å². The van der Waals surface area contributed by atoms with Crippen molar-refractivity contribution in [3.8, 4) is 0 Å². The lowest BCUT2D eigenvalue weighted by atomic mass is 9.77. The van der Waals surface area contributed by atoms with Gasteiger partial charge in [0.05, 0.1) is 5.75 Å². The maximum absolute atomic E-state index is 12.4. The number of furan rings is 1. The highest BCUT2D eigenvalue weighted by Gasteiger charge is 2.41. The first-order valence-electron chi connectivity index (χ1n) is 7.26. The molecule has 0 bridgehead atoms. The van der Waals surface area contributed by atoms with Gasteiger partial charge in [-0.05, 0) is 36.6 Å². The van der Waals surface area contributed by atoms with Gasteiger partial charge in [-0.2, -0.15) is 11.8 Å². The number of carbonyl (C=O) groups excluding carboxylic acids is 2. The lowest BCUT2D eigenvalue weighted by Crippen LogP contribution is -2.43. The number of thioether (sulfide) groups is 1. The SMILES string of the molecule is CSCc1ccc(C(=O)N2CCC3(CC2)CNC(=O)C3)o1. The average Bonchev–Trinajstić information content (AvgIpc) is 3.07. The van der Waals surface area contributed by atoms with Gasteiger partial charge in [0.25, 0.3) is 5.91 Å². The number of hydrogen-bond acceptors (Lipinski definition) is 4. The van der Waals surface area contributed by atoms with E-state index in [4.69, 9.17) is 4.42 Å². The van der Waals surface area contributed by atoms with E-state index >= 15 is 0 Å². The molecule has 2 amide bonds. The molecule has 5 nitrogen and oxygen atoms in total. The lowest BCUT2D eigenvalue weighted by Gasteiger charge is -2.37. The van der Waals surface area contributed by atoms with E-state index in [1.165, 1.54) is 0 Å². The fraction of sp³-hybridized carbons (Fsp3) is 0.600. The van der Waals surface area contributed by atoms with E-state index in [1.807, 2.05) is 17.2 Å². The van der Waals surface area contributed by atoms with E-state index in [-0.39, 0.29) is 17.2 Å². The number of nitrogens with zero attached hydrogens (tertiary/aromatic N) is 1. The van der Waals surface area contributed by atoms with Crippen molar-refractivity contribution >= 4 is 23.6 Å². The van der Waals surface area contributed by atoms with Gasteiger partial charge in [0, 0.05) is 26.1 Å². The largest absolute Gasteiger partial charge is 0.455 e. The number of nitrogens with one attached hydrogen (secondary N) is 1. The Kier molecular flexibility index (Phi) is 3.97. The van der Waals surface area contributed by atoms with Gasteiger partial charge >= 0.3 is 0 Å². The third kappa shape index (κ3) is 2.95. The molecule has 114 valence electrons. The van der Waals surface area contributed by atoms with E-state index in [0.29, 0.717) is 25.3 Å². The number of piperidine rings is 1. The Morgan fingerprint density at radius 3 is 2.81 bits per heavy atom. The predicted octanol–water partition coefficient (Wildman–Crippen LogP) is 1.88. The highest BCUT2D eigenvalue weighted by molar-refractivity contribution is 7.97. The van der Waals surface area contributed by atoms with E-state index in [2.05, 4.69) is 5.32 Å². The van der Waals surface area contributed by atoms with Crippen molar-refractivity contribution in [2.24, 2.45) is 5.41 Å². The number of carbonyl (C=O) groups is 2. The normalized spacial score (nSPS) is 20.8. The van der Waals surface area contributed by atoms with E-state index in [0.717, 1.165) is 30.9 Å². The Labute approximate surface area is 128 Å². The van der Waals surface area contributed by atoms with Crippen molar-refractivity contribution in [1.82, 2.24) is 10.2 Å². The maximum atomic E-state index is 12.4. The van der Waals surface area contributed by atoms with Crippen molar-refractivity contribution in [2.45, 2.75) is 25.0 Å². The Morgan fingerprint density at radius 2 is 2.19 bits per heavy atom. The van der Waals surface area contributed by atoms with Gasteiger partial charge < -0.3 is 14.6 Å². The molecule has 0 atom stereocenters. The molecule has 0 aromatic carbocycles. The summed E-state index contributed by atoms with van der Waals surface area (Å²) in [6.45, 7) is 2.16. The molecule has 6 heteroatoms. The van der Waals surface area contributed by atoms with Crippen molar-refractivity contribution in [3.63, 3.8) is 0 Å². The standard InChI is InChI=1S/C15H20N2O3S/c1-21-9-11-2-3-12(20-11)14(19)17-6-4-15(5-7-17)8-13(18)16-10-15/h2-3H,4-10H2,1H3,(H,16,18). The molecule has 3 heterocycles. The molecule has 1 N–H and O–H groups in total. The van der Waals surface area contributed by atoms with E-state index in [1.54, 1.807) is 17.8 Å². The Balaban J connectivity index is 1.60. The van der Waals surface area contributed by atoms with Crippen molar-refractivity contribution in [3.05, 3.63) is 23.7 Å². The minimum Gasteiger partial charge on any atom is -0.455 e. The highest BCUT2D eigenvalue weighted by atomic mass is 32.2. The summed E-state index contributed by atoms with van der Waals surface area (Å²) in [5.74, 6) is 2.15. The minimum absolute atomic E-state index is 0.0329. The molecule has 0 saturated carbocycles. The second-order valence-corrected chi connectivity index (χ2v) is 6.81. The van der Waals surface area contributed by atoms with Crippen LogP contribution in [-0.4, -0.2) is 42.6 Å². The van der Waals surface area contributed by atoms with Gasteiger partial charge in [0.2, 0.25) is 5.91 Å². The van der Waals surface area contributed by atoms with Gasteiger partial charge in [0.15, 0.2) is 5.76 Å². The Morgan fingerprint density at radius 1 is 1.43 bits per heavy atom. The number of amides is 2. The van der Waals surface area contributed by atoms with Crippen LogP contribution in [0.4, 0.5) is 0 Å². The fourth-order valence-corrected chi connectivity index (χ4v) is 3.60. The first-order chi connectivity index (χ1) is 10.1. The molecular weight excluding hydrogens is 288 g/mol. The predicted molar refractivity (Wildman–Crippen MR) is 81.1 cm³/mol. The quantitative estimate of drug-likeness (QED) is 0.926. The first-order valence-corrected chi connectivity index (χ1v) is 8.65. The zero-order valence-electron chi connectivity index (χ0n) is 12.2. The Hall–Kier alpha value is -1.43. The fourth-order valence-electron chi connectivity index (χ4n) is 3.16. The summed E-state index contributed by atoms with van der Waals surface area (Å²) in [6, 6.07) is 3.63. The van der Waals surface area contributed by atoms with E-state index < -0.39 is 0 Å².